The molecular weight excluding hydrogens is 269 g/mol. The second-order valence-corrected chi connectivity index (χ2v) is 4.49. The van der Waals surface area contributed by atoms with Gasteiger partial charge >= 0.3 is 0 Å². The lowest BCUT2D eigenvalue weighted by atomic mass is 10.2. The summed E-state index contributed by atoms with van der Waals surface area (Å²) in [7, 11) is 0. The molecule has 1 aromatic heterocycles. The van der Waals surface area contributed by atoms with Gasteiger partial charge in [0.25, 0.3) is 0 Å². The molecule has 2 rings (SSSR count). The summed E-state index contributed by atoms with van der Waals surface area (Å²) in [6, 6.07) is 4.08. The van der Waals surface area contributed by atoms with Crippen LogP contribution in [0.5, 0.6) is 0 Å². The Labute approximate surface area is 116 Å². The van der Waals surface area contributed by atoms with E-state index in [9.17, 15) is 4.39 Å². The topological polar surface area (TPSA) is 51.0 Å². The highest BCUT2D eigenvalue weighted by atomic mass is 35.5. The highest BCUT2D eigenvalue weighted by Gasteiger charge is 2.12. The molecule has 0 atom stereocenters. The first-order chi connectivity index (χ1) is 9.20. The first-order valence-electron chi connectivity index (χ1n) is 6.19. The van der Waals surface area contributed by atoms with E-state index >= 15 is 0 Å². The number of aromatic nitrogens is 2. The summed E-state index contributed by atoms with van der Waals surface area (Å²) in [5, 5.41) is 11.4. The van der Waals surface area contributed by atoms with Gasteiger partial charge in [-0.15, -0.1) is 10.2 Å². The lowest BCUT2D eigenvalue weighted by Gasteiger charge is -1.99. The molecule has 1 heterocycles. The van der Waals surface area contributed by atoms with Crippen molar-refractivity contribution in [1.29, 1.82) is 0 Å². The van der Waals surface area contributed by atoms with Gasteiger partial charge < -0.3 is 9.73 Å². The Balaban J connectivity index is 2.04. The van der Waals surface area contributed by atoms with Crippen molar-refractivity contribution in [3.05, 3.63) is 34.9 Å². The van der Waals surface area contributed by atoms with Crippen LogP contribution in [-0.2, 0) is 6.42 Å². The van der Waals surface area contributed by atoms with Crippen LogP contribution in [-0.4, -0.2) is 23.3 Å². The maximum absolute atomic E-state index is 12.9. The molecule has 19 heavy (non-hydrogen) atoms. The molecule has 0 aliphatic rings. The van der Waals surface area contributed by atoms with Crippen LogP contribution in [0.25, 0.3) is 11.5 Å². The molecule has 102 valence electrons. The summed E-state index contributed by atoms with van der Waals surface area (Å²) in [5.41, 5.74) is 0.550. The smallest absolute Gasteiger partial charge is 0.249 e. The Hall–Kier alpha value is -1.46. The zero-order chi connectivity index (χ0) is 13.7. The summed E-state index contributed by atoms with van der Waals surface area (Å²) in [5.74, 6) is 0.496. The first-order valence-corrected chi connectivity index (χ1v) is 6.57. The second kappa shape index (κ2) is 6.63. The molecule has 0 amide bonds. The van der Waals surface area contributed by atoms with Crippen LogP contribution in [0.1, 0.15) is 19.2 Å². The number of benzene rings is 1. The van der Waals surface area contributed by atoms with Crippen LogP contribution < -0.4 is 5.32 Å². The van der Waals surface area contributed by atoms with Gasteiger partial charge in [0.05, 0.1) is 10.6 Å². The maximum atomic E-state index is 12.9. The van der Waals surface area contributed by atoms with E-state index in [1.165, 1.54) is 18.2 Å². The highest BCUT2D eigenvalue weighted by Crippen LogP contribution is 2.27. The van der Waals surface area contributed by atoms with Gasteiger partial charge in [-0.05, 0) is 37.7 Å². The minimum absolute atomic E-state index is 0.267. The standard InChI is InChI=1S/C13H15ClFN3O/c1-2-16-7-3-4-12-17-18-13(19-12)10-6-5-9(15)8-11(10)14/h5-6,8,16H,2-4,7H2,1H3. The van der Waals surface area contributed by atoms with E-state index in [1.54, 1.807) is 0 Å². The molecule has 0 aliphatic carbocycles. The lowest BCUT2D eigenvalue weighted by Crippen LogP contribution is -2.14. The molecule has 4 nitrogen and oxygen atoms in total. The van der Waals surface area contributed by atoms with Gasteiger partial charge in [0, 0.05) is 6.42 Å². The van der Waals surface area contributed by atoms with Crippen LogP contribution in [0, 0.1) is 5.82 Å². The van der Waals surface area contributed by atoms with Gasteiger partial charge in [-0.1, -0.05) is 18.5 Å². The molecular formula is C13H15ClFN3O. The average molecular weight is 284 g/mol. The number of hydrogen-bond acceptors (Lipinski definition) is 4. The Morgan fingerprint density at radius 1 is 1.37 bits per heavy atom. The second-order valence-electron chi connectivity index (χ2n) is 4.08. The van der Waals surface area contributed by atoms with Crippen molar-refractivity contribution in [2.45, 2.75) is 19.8 Å². The molecule has 0 aliphatic heterocycles. The highest BCUT2D eigenvalue weighted by molar-refractivity contribution is 6.33. The largest absolute Gasteiger partial charge is 0.421 e. The number of halogens is 2. The zero-order valence-corrected chi connectivity index (χ0v) is 11.4. The Kier molecular flexibility index (Phi) is 4.87. The Morgan fingerprint density at radius 3 is 2.95 bits per heavy atom. The summed E-state index contributed by atoms with van der Waals surface area (Å²) in [6.07, 6.45) is 1.63. The molecule has 6 heteroatoms. The van der Waals surface area contributed by atoms with Gasteiger partial charge in [0.1, 0.15) is 5.82 Å². The van der Waals surface area contributed by atoms with E-state index in [-0.39, 0.29) is 10.8 Å². The zero-order valence-electron chi connectivity index (χ0n) is 10.6. The fourth-order valence-corrected chi connectivity index (χ4v) is 1.92. The average Bonchev–Trinajstić information content (AvgIpc) is 2.83. The molecule has 0 radical (unpaired) electrons. The van der Waals surface area contributed by atoms with Crippen molar-refractivity contribution in [2.24, 2.45) is 0 Å². The van der Waals surface area contributed by atoms with Gasteiger partial charge in [-0.2, -0.15) is 0 Å². The SMILES string of the molecule is CCNCCCc1nnc(-c2ccc(F)cc2Cl)o1. The molecule has 0 saturated carbocycles. The van der Waals surface area contributed by atoms with Crippen molar-refractivity contribution in [3.63, 3.8) is 0 Å². The Bertz CT molecular complexity index is 544. The number of rotatable bonds is 6. The molecule has 0 bridgehead atoms. The van der Waals surface area contributed by atoms with Crippen LogP contribution in [0.4, 0.5) is 4.39 Å². The van der Waals surface area contributed by atoms with Crippen molar-refractivity contribution >= 4 is 11.6 Å². The van der Waals surface area contributed by atoms with E-state index in [0.717, 1.165) is 19.5 Å². The molecule has 1 N–H and O–H groups in total. The van der Waals surface area contributed by atoms with Gasteiger partial charge in [-0.25, -0.2) is 4.39 Å². The van der Waals surface area contributed by atoms with E-state index in [1.807, 2.05) is 0 Å². The minimum Gasteiger partial charge on any atom is -0.421 e. The molecule has 1 aromatic carbocycles. The molecule has 0 spiro atoms. The fraction of sp³-hybridized carbons (Fsp3) is 0.385. The maximum Gasteiger partial charge on any atom is 0.249 e. The monoisotopic (exact) mass is 283 g/mol. The van der Waals surface area contributed by atoms with Crippen molar-refractivity contribution in [1.82, 2.24) is 15.5 Å². The minimum atomic E-state index is -0.390. The van der Waals surface area contributed by atoms with Crippen molar-refractivity contribution < 1.29 is 8.81 Å². The predicted molar refractivity (Wildman–Crippen MR) is 71.6 cm³/mol. The van der Waals surface area contributed by atoms with E-state index in [4.69, 9.17) is 16.0 Å². The third-order valence-corrected chi connectivity index (χ3v) is 2.94. The van der Waals surface area contributed by atoms with Crippen LogP contribution in [0.15, 0.2) is 22.6 Å². The first kappa shape index (κ1) is 14.0. The molecule has 2 aromatic rings. The number of hydrogen-bond donors (Lipinski definition) is 1. The van der Waals surface area contributed by atoms with Crippen LogP contribution >= 0.6 is 11.6 Å². The molecule has 0 saturated heterocycles. The third-order valence-electron chi connectivity index (χ3n) is 2.62. The number of aryl methyl sites for hydroxylation is 1. The summed E-state index contributed by atoms with van der Waals surface area (Å²) >= 11 is 5.94. The Morgan fingerprint density at radius 2 is 2.21 bits per heavy atom. The van der Waals surface area contributed by atoms with E-state index in [0.29, 0.717) is 23.8 Å². The van der Waals surface area contributed by atoms with Crippen LogP contribution in [0.2, 0.25) is 5.02 Å². The molecule has 0 unspecified atom stereocenters. The normalized spacial score (nSPS) is 10.9. The fourth-order valence-electron chi connectivity index (χ4n) is 1.67. The summed E-state index contributed by atoms with van der Waals surface area (Å²) in [6.45, 7) is 3.91. The van der Waals surface area contributed by atoms with Gasteiger partial charge in [0.2, 0.25) is 11.8 Å². The molecule has 0 fully saturated rings. The number of nitrogens with zero attached hydrogens (tertiary/aromatic N) is 2. The van der Waals surface area contributed by atoms with E-state index in [2.05, 4.69) is 22.4 Å². The van der Waals surface area contributed by atoms with Gasteiger partial charge in [-0.3, -0.25) is 0 Å². The van der Waals surface area contributed by atoms with Gasteiger partial charge in [0.15, 0.2) is 0 Å². The summed E-state index contributed by atoms with van der Waals surface area (Å²) in [4.78, 5) is 0. The van der Waals surface area contributed by atoms with Crippen molar-refractivity contribution in [2.75, 3.05) is 13.1 Å². The summed E-state index contributed by atoms with van der Waals surface area (Å²) < 4.78 is 18.5. The third kappa shape index (κ3) is 3.75. The van der Waals surface area contributed by atoms with Crippen molar-refractivity contribution in [3.8, 4) is 11.5 Å². The lowest BCUT2D eigenvalue weighted by molar-refractivity contribution is 0.492. The van der Waals surface area contributed by atoms with Crippen LogP contribution in [0.3, 0.4) is 0 Å². The quantitative estimate of drug-likeness (QED) is 0.828. The van der Waals surface area contributed by atoms with E-state index < -0.39 is 0 Å². The predicted octanol–water partition coefficient (Wildman–Crippen LogP) is 3.07. The number of nitrogens with one attached hydrogen (secondary N) is 1.